The fourth-order valence-corrected chi connectivity index (χ4v) is 20.3. The second-order valence-corrected chi connectivity index (χ2v) is 24.7. The molecule has 3 heteroatoms. The van der Waals surface area contributed by atoms with Crippen molar-refractivity contribution in [3.8, 4) is 0 Å². The minimum atomic E-state index is -2.66. The Bertz CT molecular complexity index is 1100. The van der Waals surface area contributed by atoms with Crippen molar-refractivity contribution in [3.05, 3.63) is 96.6 Å². The van der Waals surface area contributed by atoms with E-state index in [-0.39, 0.29) is 11.1 Å². The molecule has 1 fully saturated rings. The summed E-state index contributed by atoms with van der Waals surface area (Å²) < 4.78 is 7.79. The van der Waals surface area contributed by atoms with Gasteiger partial charge in [-0.15, -0.1) is 0 Å². The van der Waals surface area contributed by atoms with E-state index in [1.165, 1.54) is 22.0 Å². The molecule has 3 aromatic rings. The Hall–Kier alpha value is -1.95. The van der Waals surface area contributed by atoms with E-state index in [2.05, 4.69) is 153 Å². The lowest BCUT2D eigenvalue weighted by atomic mass is 10.1. The minimum absolute atomic E-state index is 0.0329. The van der Waals surface area contributed by atoms with Crippen LogP contribution in [0.4, 0.5) is 0 Å². The molecule has 198 valence electrons. The van der Waals surface area contributed by atoms with Crippen LogP contribution in [0.2, 0.25) is 26.7 Å². The van der Waals surface area contributed by atoms with Crippen molar-refractivity contribution >= 4 is 26.8 Å². The molecule has 0 aliphatic carbocycles. The van der Waals surface area contributed by atoms with Gasteiger partial charge < -0.3 is 4.43 Å². The highest BCUT2D eigenvalue weighted by Gasteiger charge is 2.68. The summed E-state index contributed by atoms with van der Waals surface area (Å²) in [4.78, 5) is 0. The van der Waals surface area contributed by atoms with Crippen LogP contribution in [0.1, 0.15) is 80.4 Å². The van der Waals surface area contributed by atoms with Gasteiger partial charge >= 0.3 is 0 Å². The third kappa shape index (κ3) is 5.07. The van der Waals surface area contributed by atoms with Crippen molar-refractivity contribution in [2.45, 2.75) is 102 Å². The first-order valence-electron chi connectivity index (χ1n) is 14.1. The van der Waals surface area contributed by atoms with E-state index in [0.717, 1.165) is 12.0 Å². The molecule has 1 aliphatic rings. The normalized spacial score (nSPS) is 18.9. The first-order valence-corrected chi connectivity index (χ1v) is 18.3. The average molecular weight is 529 g/mol. The molecule has 1 aliphatic heterocycles. The molecule has 0 amide bonds. The maximum Gasteiger partial charge on any atom is 0.261 e. The van der Waals surface area contributed by atoms with Crippen LogP contribution in [0.25, 0.3) is 0 Å². The molecule has 0 unspecified atom stereocenters. The lowest BCUT2D eigenvalue weighted by molar-refractivity contribution is 0.182. The first kappa shape index (κ1) is 28.1. The van der Waals surface area contributed by atoms with E-state index in [9.17, 15) is 0 Å². The van der Waals surface area contributed by atoms with E-state index in [1.807, 2.05) is 0 Å². The van der Waals surface area contributed by atoms with E-state index in [0.29, 0.717) is 10.1 Å². The predicted octanol–water partition coefficient (Wildman–Crippen LogP) is 9.13. The van der Waals surface area contributed by atoms with Gasteiger partial charge in [-0.2, -0.15) is 0 Å². The fraction of sp³-hybridized carbons (Fsp3) is 0.471. The quantitative estimate of drug-likeness (QED) is 0.278. The molecule has 2 atom stereocenters. The largest absolute Gasteiger partial charge is 0.400 e. The van der Waals surface area contributed by atoms with Gasteiger partial charge in [-0.25, -0.2) is 0 Å². The molecule has 1 nitrogen and oxygen atoms in total. The zero-order chi connectivity index (χ0) is 27.1. The molecule has 0 N–H and O–H groups in total. The highest BCUT2D eigenvalue weighted by atomic mass is 28.4. The summed E-state index contributed by atoms with van der Waals surface area (Å²) in [5.41, 5.74) is 2.10. The monoisotopic (exact) mass is 528 g/mol. The van der Waals surface area contributed by atoms with Crippen LogP contribution < -0.4 is 10.4 Å². The molecular weight excluding hydrogens is 481 g/mol. The first-order chi connectivity index (χ1) is 17.2. The Morgan fingerprint density at radius 2 is 1.08 bits per heavy atom. The molecule has 3 aromatic carbocycles. The SMILES string of the molecule is CC(C)(C)[Si](O[C@@H](C[C@H]1C[Si]1(C(C)(C)C)C(C)(C)C)c1ccccc1)(c1ccccc1)c1ccccc1. The smallest absolute Gasteiger partial charge is 0.261 e. The number of rotatable bonds is 7. The Labute approximate surface area is 228 Å². The second-order valence-electron chi connectivity index (χ2n) is 14.3. The Balaban J connectivity index is 1.85. The van der Waals surface area contributed by atoms with Crippen LogP contribution >= 0.6 is 0 Å². The van der Waals surface area contributed by atoms with Gasteiger partial charge in [-0.3, -0.25) is 0 Å². The zero-order valence-electron chi connectivity index (χ0n) is 24.6. The van der Waals surface area contributed by atoms with Gasteiger partial charge in [0.2, 0.25) is 0 Å². The summed E-state index contributed by atoms with van der Waals surface area (Å²) in [6.45, 7) is 22.2. The van der Waals surface area contributed by atoms with Crippen LogP contribution in [0.3, 0.4) is 0 Å². The zero-order valence-corrected chi connectivity index (χ0v) is 26.6. The second kappa shape index (κ2) is 9.98. The number of hydrogen-bond donors (Lipinski definition) is 0. The molecule has 1 heterocycles. The minimum Gasteiger partial charge on any atom is -0.400 e. The van der Waals surface area contributed by atoms with Gasteiger partial charge in [0, 0.05) is 0 Å². The maximum atomic E-state index is 7.79. The Morgan fingerprint density at radius 3 is 1.43 bits per heavy atom. The van der Waals surface area contributed by atoms with Crippen molar-refractivity contribution in [2.24, 2.45) is 0 Å². The third-order valence-electron chi connectivity index (χ3n) is 9.19. The van der Waals surface area contributed by atoms with Crippen LogP contribution in [-0.2, 0) is 4.43 Å². The van der Waals surface area contributed by atoms with Gasteiger partial charge in [0.1, 0.15) is 0 Å². The summed E-state index contributed by atoms with van der Waals surface area (Å²) in [7, 11) is -4.18. The molecule has 0 radical (unpaired) electrons. The molecule has 4 rings (SSSR count). The summed E-state index contributed by atoms with van der Waals surface area (Å²) in [5.74, 6) is 0. The molecule has 0 bridgehead atoms. The highest BCUT2D eigenvalue weighted by molar-refractivity contribution is 6.99. The van der Waals surface area contributed by atoms with Crippen molar-refractivity contribution in [3.63, 3.8) is 0 Å². The van der Waals surface area contributed by atoms with Crippen LogP contribution in [0.15, 0.2) is 91.0 Å². The standard InChI is InChI=1S/C34H48OSi2/c1-32(2,3)36(33(4,5)6)26-30(36)25-31(27-19-13-10-14-20-27)35-37(34(7,8)9,28-21-15-11-16-22-28)29-23-17-12-18-24-29/h10-24,30-31H,25-26H2,1-9H3/t30-,31-/m0/s1. The van der Waals surface area contributed by atoms with Crippen molar-refractivity contribution in [2.75, 3.05) is 0 Å². The van der Waals surface area contributed by atoms with E-state index in [4.69, 9.17) is 4.43 Å². The van der Waals surface area contributed by atoms with Crippen molar-refractivity contribution < 1.29 is 4.43 Å². The Kier molecular flexibility index (Phi) is 7.57. The lowest BCUT2D eigenvalue weighted by Crippen LogP contribution is -2.66. The molecule has 0 spiro atoms. The Morgan fingerprint density at radius 1 is 0.676 bits per heavy atom. The average Bonchev–Trinajstić information content (AvgIpc) is 3.59. The number of hydrogen-bond acceptors (Lipinski definition) is 1. The summed E-state index contributed by atoms with van der Waals surface area (Å²) in [5, 5.41) is 3.46. The fourth-order valence-electron chi connectivity index (χ4n) is 7.66. The lowest BCUT2D eigenvalue weighted by Gasteiger charge is -2.46. The van der Waals surface area contributed by atoms with Crippen molar-refractivity contribution in [1.29, 1.82) is 0 Å². The summed E-state index contributed by atoms with van der Waals surface area (Å²) >= 11 is 0. The molecular formula is C34H48OSi2. The molecule has 37 heavy (non-hydrogen) atoms. The van der Waals surface area contributed by atoms with E-state index < -0.39 is 16.4 Å². The van der Waals surface area contributed by atoms with Gasteiger partial charge in [0.05, 0.1) is 14.2 Å². The van der Waals surface area contributed by atoms with Gasteiger partial charge in [-0.1, -0.05) is 159 Å². The van der Waals surface area contributed by atoms with E-state index >= 15 is 0 Å². The van der Waals surface area contributed by atoms with E-state index in [1.54, 1.807) is 0 Å². The number of benzene rings is 3. The molecule has 0 saturated carbocycles. The molecule has 0 aromatic heterocycles. The van der Waals surface area contributed by atoms with Gasteiger partial charge in [-0.05, 0) is 43.0 Å². The summed E-state index contributed by atoms with van der Waals surface area (Å²) in [6, 6.07) is 34.7. The molecule has 1 saturated heterocycles. The predicted molar refractivity (Wildman–Crippen MR) is 166 cm³/mol. The third-order valence-corrected chi connectivity index (χ3v) is 22.0. The van der Waals surface area contributed by atoms with Crippen LogP contribution in [0.5, 0.6) is 0 Å². The maximum absolute atomic E-state index is 7.79. The van der Waals surface area contributed by atoms with Gasteiger partial charge in [0.15, 0.2) is 0 Å². The highest BCUT2D eigenvalue weighted by Crippen LogP contribution is 2.73. The van der Waals surface area contributed by atoms with Crippen LogP contribution in [-0.4, -0.2) is 16.4 Å². The topological polar surface area (TPSA) is 9.23 Å². The van der Waals surface area contributed by atoms with Gasteiger partial charge in [0.25, 0.3) is 8.32 Å². The van der Waals surface area contributed by atoms with Crippen LogP contribution in [0, 0.1) is 0 Å². The van der Waals surface area contributed by atoms with Crippen molar-refractivity contribution in [1.82, 2.24) is 0 Å². The summed E-state index contributed by atoms with van der Waals surface area (Å²) in [6.07, 6.45) is 1.20.